The molecule has 0 aromatic heterocycles. The summed E-state index contributed by atoms with van der Waals surface area (Å²) in [6, 6.07) is 8.91. The number of rotatable bonds is 2. The van der Waals surface area contributed by atoms with Gasteiger partial charge in [0.05, 0.1) is 25.4 Å². The highest BCUT2D eigenvalue weighted by Gasteiger charge is 2.28. The number of hydrogen-bond donors (Lipinski definition) is 0. The Bertz CT molecular complexity index is 464. The van der Waals surface area contributed by atoms with Crippen LogP contribution in [0.5, 0.6) is 0 Å². The summed E-state index contributed by atoms with van der Waals surface area (Å²) < 4.78 is 11.7. The van der Waals surface area contributed by atoms with Crippen molar-refractivity contribution < 1.29 is 9.47 Å². The van der Waals surface area contributed by atoms with Crippen LogP contribution in [0, 0.1) is 0 Å². The zero-order valence-electron chi connectivity index (χ0n) is 11.6. The summed E-state index contributed by atoms with van der Waals surface area (Å²) in [5.41, 5.74) is 4.24. The summed E-state index contributed by atoms with van der Waals surface area (Å²) in [6.45, 7) is 3.70. The van der Waals surface area contributed by atoms with Crippen molar-refractivity contribution in [3.63, 3.8) is 0 Å². The van der Waals surface area contributed by atoms with E-state index in [4.69, 9.17) is 9.47 Å². The van der Waals surface area contributed by atoms with E-state index in [0.717, 1.165) is 38.9 Å². The average Bonchev–Trinajstić information content (AvgIpc) is 2.70. The summed E-state index contributed by atoms with van der Waals surface area (Å²) in [5.74, 6) is 0. The van der Waals surface area contributed by atoms with Gasteiger partial charge in [0.1, 0.15) is 0 Å². The topological polar surface area (TPSA) is 18.5 Å². The Balaban J connectivity index is 1.78. The maximum Gasteiger partial charge on any atom is 0.0872 e. The molecule has 1 saturated heterocycles. The first kappa shape index (κ1) is 12.9. The Hall–Kier alpha value is -1.12. The highest BCUT2D eigenvalue weighted by atomic mass is 16.6. The van der Waals surface area contributed by atoms with Crippen molar-refractivity contribution in [3.8, 4) is 0 Å². The second-order valence-corrected chi connectivity index (χ2v) is 5.38. The molecule has 1 aliphatic carbocycles. The molecule has 0 saturated carbocycles. The summed E-state index contributed by atoms with van der Waals surface area (Å²) in [6.07, 6.45) is 7.16. The third kappa shape index (κ3) is 2.90. The molecule has 2 atom stereocenters. The van der Waals surface area contributed by atoms with Crippen LogP contribution in [0.15, 0.2) is 30.3 Å². The van der Waals surface area contributed by atoms with Gasteiger partial charge in [-0.1, -0.05) is 37.3 Å². The zero-order valence-corrected chi connectivity index (χ0v) is 11.6. The third-order valence-electron chi connectivity index (χ3n) is 4.16. The Kier molecular flexibility index (Phi) is 4.00. The zero-order chi connectivity index (χ0) is 13.1. The number of allylic oxidation sites excluding steroid dienone is 1. The second kappa shape index (κ2) is 5.89. The van der Waals surface area contributed by atoms with E-state index in [1.807, 2.05) is 0 Å². The van der Waals surface area contributed by atoms with Crippen molar-refractivity contribution >= 4 is 5.57 Å². The van der Waals surface area contributed by atoms with Crippen LogP contribution in [-0.2, 0) is 15.9 Å². The van der Waals surface area contributed by atoms with Gasteiger partial charge in [0.15, 0.2) is 0 Å². The lowest BCUT2D eigenvalue weighted by molar-refractivity contribution is -0.138. The minimum atomic E-state index is 0.264. The molecule has 0 bridgehead atoms. The molecule has 1 aliphatic heterocycles. The molecule has 2 nitrogen and oxygen atoms in total. The van der Waals surface area contributed by atoms with E-state index in [-0.39, 0.29) is 12.2 Å². The van der Waals surface area contributed by atoms with Gasteiger partial charge in [0.2, 0.25) is 0 Å². The van der Waals surface area contributed by atoms with Crippen LogP contribution < -0.4 is 0 Å². The van der Waals surface area contributed by atoms with E-state index >= 15 is 0 Å². The van der Waals surface area contributed by atoms with Gasteiger partial charge in [0, 0.05) is 0 Å². The molecule has 2 aliphatic rings. The van der Waals surface area contributed by atoms with Gasteiger partial charge in [-0.25, -0.2) is 0 Å². The highest BCUT2D eigenvalue weighted by Crippen LogP contribution is 2.30. The highest BCUT2D eigenvalue weighted by molar-refractivity contribution is 5.66. The van der Waals surface area contributed by atoms with Gasteiger partial charge in [-0.05, 0) is 42.4 Å². The Morgan fingerprint density at radius 1 is 1.16 bits per heavy atom. The smallest absolute Gasteiger partial charge is 0.0872 e. The normalized spacial score (nSPS) is 27.3. The van der Waals surface area contributed by atoms with Crippen molar-refractivity contribution in [2.45, 2.75) is 44.8 Å². The maximum absolute atomic E-state index is 5.83. The Morgan fingerprint density at radius 3 is 2.84 bits per heavy atom. The summed E-state index contributed by atoms with van der Waals surface area (Å²) >= 11 is 0. The first-order valence-corrected chi connectivity index (χ1v) is 7.38. The van der Waals surface area contributed by atoms with Crippen LogP contribution in [0.2, 0.25) is 0 Å². The van der Waals surface area contributed by atoms with E-state index < -0.39 is 0 Å². The van der Waals surface area contributed by atoms with Gasteiger partial charge in [0.25, 0.3) is 0 Å². The second-order valence-electron chi connectivity index (χ2n) is 5.38. The molecule has 19 heavy (non-hydrogen) atoms. The fourth-order valence-corrected chi connectivity index (χ4v) is 3.01. The molecule has 0 N–H and O–H groups in total. The Labute approximate surface area is 115 Å². The van der Waals surface area contributed by atoms with E-state index in [0.29, 0.717) is 0 Å². The molecule has 2 heteroatoms. The van der Waals surface area contributed by atoms with Gasteiger partial charge in [-0.3, -0.25) is 0 Å². The molecule has 1 aromatic carbocycles. The summed E-state index contributed by atoms with van der Waals surface area (Å²) in [4.78, 5) is 0. The fourth-order valence-electron chi connectivity index (χ4n) is 3.01. The lowest BCUT2D eigenvalue weighted by atomic mass is 9.98. The molecule has 1 fully saturated rings. The Morgan fingerprint density at radius 2 is 2.00 bits per heavy atom. The maximum atomic E-state index is 5.83. The monoisotopic (exact) mass is 258 g/mol. The number of ether oxygens (including phenoxy) is 2. The van der Waals surface area contributed by atoms with Crippen molar-refractivity contribution in [2.75, 3.05) is 13.2 Å². The predicted molar refractivity (Wildman–Crippen MR) is 77.1 cm³/mol. The third-order valence-corrected chi connectivity index (χ3v) is 4.16. The summed E-state index contributed by atoms with van der Waals surface area (Å²) in [5, 5.41) is 0. The number of hydrogen-bond acceptors (Lipinski definition) is 2. The van der Waals surface area contributed by atoms with Crippen LogP contribution in [0.4, 0.5) is 0 Å². The van der Waals surface area contributed by atoms with E-state index in [2.05, 4.69) is 37.3 Å². The molecule has 3 rings (SSSR count). The standard InChI is InChI=1S/C17H22O2/c1-2-13-4-3-5-15(12-13)14-6-8-16-17(9-7-14)19-11-10-18-16/h3-6,12,16-17H,2,7-11H2,1H3. The van der Waals surface area contributed by atoms with Crippen molar-refractivity contribution in [1.82, 2.24) is 0 Å². The first-order valence-electron chi connectivity index (χ1n) is 7.38. The lowest BCUT2D eigenvalue weighted by Crippen LogP contribution is -2.37. The number of benzene rings is 1. The molecular weight excluding hydrogens is 236 g/mol. The minimum Gasteiger partial charge on any atom is -0.373 e. The van der Waals surface area contributed by atoms with E-state index in [9.17, 15) is 0 Å². The molecule has 0 amide bonds. The summed E-state index contributed by atoms with van der Waals surface area (Å²) in [7, 11) is 0. The van der Waals surface area contributed by atoms with Gasteiger partial charge in [-0.15, -0.1) is 0 Å². The van der Waals surface area contributed by atoms with Crippen LogP contribution >= 0.6 is 0 Å². The number of fused-ring (bicyclic) bond motifs is 1. The fraction of sp³-hybridized carbons (Fsp3) is 0.529. The molecular formula is C17H22O2. The van der Waals surface area contributed by atoms with Crippen LogP contribution in [0.25, 0.3) is 5.57 Å². The molecule has 1 aromatic rings. The molecule has 0 radical (unpaired) electrons. The molecule has 2 unspecified atom stereocenters. The molecule has 1 heterocycles. The average molecular weight is 258 g/mol. The van der Waals surface area contributed by atoms with E-state index in [1.165, 1.54) is 16.7 Å². The van der Waals surface area contributed by atoms with Gasteiger partial charge in [-0.2, -0.15) is 0 Å². The van der Waals surface area contributed by atoms with Gasteiger partial charge < -0.3 is 9.47 Å². The van der Waals surface area contributed by atoms with Crippen molar-refractivity contribution in [2.24, 2.45) is 0 Å². The van der Waals surface area contributed by atoms with Crippen molar-refractivity contribution in [1.29, 1.82) is 0 Å². The van der Waals surface area contributed by atoms with Crippen LogP contribution in [-0.4, -0.2) is 25.4 Å². The van der Waals surface area contributed by atoms with Crippen LogP contribution in [0.1, 0.15) is 37.3 Å². The molecule has 0 spiro atoms. The first-order chi connectivity index (χ1) is 9.36. The van der Waals surface area contributed by atoms with Crippen LogP contribution in [0.3, 0.4) is 0 Å². The lowest BCUT2D eigenvalue weighted by Gasteiger charge is -2.30. The number of aryl methyl sites for hydroxylation is 1. The quantitative estimate of drug-likeness (QED) is 0.807. The largest absolute Gasteiger partial charge is 0.373 e. The SMILES string of the molecule is CCc1cccc(C2=CCC3OCCOC3CC2)c1. The minimum absolute atomic E-state index is 0.264. The predicted octanol–water partition coefficient (Wildman–Crippen LogP) is 3.60. The molecule has 102 valence electrons. The van der Waals surface area contributed by atoms with E-state index in [1.54, 1.807) is 0 Å². The van der Waals surface area contributed by atoms with Gasteiger partial charge >= 0.3 is 0 Å². The van der Waals surface area contributed by atoms with Crippen molar-refractivity contribution in [3.05, 3.63) is 41.5 Å².